The third-order valence-corrected chi connectivity index (χ3v) is 6.13. The summed E-state index contributed by atoms with van der Waals surface area (Å²) in [7, 11) is 1.78. The Bertz CT molecular complexity index is 870. The zero-order valence-corrected chi connectivity index (χ0v) is 16.1. The van der Waals surface area contributed by atoms with Gasteiger partial charge in [-0.05, 0) is 43.4 Å². The Balaban J connectivity index is 1.53. The van der Waals surface area contributed by atoms with Crippen LogP contribution in [-0.4, -0.2) is 35.4 Å². The molecule has 0 radical (unpaired) electrons. The van der Waals surface area contributed by atoms with Gasteiger partial charge >= 0.3 is 0 Å². The summed E-state index contributed by atoms with van der Waals surface area (Å²) >= 11 is 0. The van der Waals surface area contributed by atoms with Crippen molar-refractivity contribution < 1.29 is 9.59 Å². The molecule has 0 bridgehead atoms. The molecule has 146 valence electrons. The minimum absolute atomic E-state index is 0.0760. The number of carbonyl (C=O) groups is 2. The van der Waals surface area contributed by atoms with Gasteiger partial charge in [-0.25, -0.2) is 4.98 Å². The number of anilines is 1. The number of hydrogen-bond donors (Lipinski definition) is 3. The van der Waals surface area contributed by atoms with Crippen LogP contribution in [0.4, 0.5) is 5.82 Å². The van der Waals surface area contributed by atoms with Crippen molar-refractivity contribution in [1.82, 2.24) is 15.6 Å². The molecule has 1 aromatic heterocycles. The van der Waals surface area contributed by atoms with Crippen LogP contribution in [0, 0.1) is 0 Å². The van der Waals surface area contributed by atoms with Crippen molar-refractivity contribution in [2.24, 2.45) is 0 Å². The third kappa shape index (κ3) is 3.59. The van der Waals surface area contributed by atoms with Crippen LogP contribution < -0.4 is 16.0 Å². The fourth-order valence-corrected chi connectivity index (χ4v) is 4.67. The molecule has 1 spiro atoms. The molecule has 1 aromatic carbocycles. The molecule has 3 atom stereocenters. The van der Waals surface area contributed by atoms with Crippen molar-refractivity contribution >= 4 is 17.6 Å². The Morgan fingerprint density at radius 2 is 2.04 bits per heavy atom. The van der Waals surface area contributed by atoms with Crippen molar-refractivity contribution in [3.8, 4) is 0 Å². The van der Waals surface area contributed by atoms with Crippen LogP contribution in [-0.2, 0) is 4.79 Å². The van der Waals surface area contributed by atoms with Gasteiger partial charge in [0.05, 0.1) is 0 Å². The second-order valence-electron chi connectivity index (χ2n) is 7.79. The molecule has 1 aliphatic carbocycles. The zero-order chi connectivity index (χ0) is 19.6. The minimum Gasteiger partial charge on any atom is -0.373 e. The van der Waals surface area contributed by atoms with Crippen LogP contribution in [0.25, 0.3) is 0 Å². The lowest BCUT2D eigenvalue weighted by Gasteiger charge is -2.45. The van der Waals surface area contributed by atoms with Gasteiger partial charge in [-0.2, -0.15) is 0 Å². The standard InChI is InChI=1S/C22H26N4O2/c1-23-19-13-16(9-12-24-19)21(28)25-17-7-10-22(11-8-20(27)26-22)18(14-17)15-5-3-2-4-6-15/h2-6,9,12-13,17-18H,7-8,10-11,14H2,1H3,(H,23,24)(H,25,28)(H,26,27)/t17-,18+,22-/m0/s1. The van der Waals surface area contributed by atoms with E-state index < -0.39 is 0 Å². The molecule has 2 heterocycles. The van der Waals surface area contributed by atoms with E-state index in [9.17, 15) is 9.59 Å². The fraction of sp³-hybridized carbons (Fsp3) is 0.409. The van der Waals surface area contributed by atoms with Gasteiger partial charge in [0.1, 0.15) is 5.82 Å². The highest BCUT2D eigenvalue weighted by atomic mass is 16.2. The molecule has 28 heavy (non-hydrogen) atoms. The summed E-state index contributed by atoms with van der Waals surface area (Å²) < 4.78 is 0. The van der Waals surface area contributed by atoms with Gasteiger partial charge in [-0.1, -0.05) is 30.3 Å². The quantitative estimate of drug-likeness (QED) is 0.764. The second-order valence-corrected chi connectivity index (χ2v) is 7.79. The number of pyridine rings is 1. The topological polar surface area (TPSA) is 83.1 Å². The molecule has 2 amide bonds. The third-order valence-electron chi connectivity index (χ3n) is 6.13. The van der Waals surface area contributed by atoms with Gasteiger partial charge in [-0.15, -0.1) is 0 Å². The van der Waals surface area contributed by atoms with Gasteiger partial charge in [0, 0.05) is 42.7 Å². The van der Waals surface area contributed by atoms with E-state index in [1.165, 1.54) is 5.56 Å². The van der Waals surface area contributed by atoms with Crippen LogP contribution in [0.3, 0.4) is 0 Å². The number of hydrogen-bond acceptors (Lipinski definition) is 4. The SMILES string of the molecule is CNc1cc(C(=O)N[C@H]2CC[C@]3(CCC(=O)N3)[C@@H](c3ccccc3)C2)ccn1. The molecule has 0 unspecified atom stereocenters. The maximum atomic E-state index is 12.8. The first kappa shape index (κ1) is 18.5. The monoisotopic (exact) mass is 378 g/mol. The normalized spacial score (nSPS) is 26.7. The summed E-state index contributed by atoms with van der Waals surface area (Å²) in [5.74, 6) is 0.928. The highest BCUT2D eigenvalue weighted by Gasteiger charge is 2.48. The van der Waals surface area contributed by atoms with Gasteiger partial charge < -0.3 is 16.0 Å². The lowest BCUT2D eigenvalue weighted by molar-refractivity contribution is -0.120. The first-order valence-electron chi connectivity index (χ1n) is 9.90. The first-order valence-corrected chi connectivity index (χ1v) is 9.90. The van der Waals surface area contributed by atoms with Crippen LogP contribution in [0.15, 0.2) is 48.7 Å². The summed E-state index contributed by atoms with van der Waals surface area (Å²) in [6.07, 6.45) is 5.64. The van der Waals surface area contributed by atoms with E-state index in [1.807, 2.05) is 18.2 Å². The van der Waals surface area contributed by atoms with Gasteiger partial charge in [-0.3, -0.25) is 9.59 Å². The zero-order valence-electron chi connectivity index (χ0n) is 16.1. The summed E-state index contributed by atoms with van der Waals surface area (Å²) in [6, 6.07) is 13.9. The van der Waals surface area contributed by atoms with E-state index in [2.05, 4.69) is 33.1 Å². The smallest absolute Gasteiger partial charge is 0.251 e. The largest absolute Gasteiger partial charge is 0.373 e. The van der Waals surface area contributed by atoms with Crippen molar-refractivity contribution in [3.63, 3.8) is 0 Å². The Hall–Kier alpha value is -2.89. The predicted molar refractivity (Wildman–Crippen MR) is 108 cm³/mol. The number of benzene rings is 1. The Labute approximate surface area is 165 Å². The Morgan fingerprint density at radius 3 is 2.75 bits per heavy atom. The highest BCUT2D eigenvalue weighted by Crippen LogP contribution is 2.45. The molecule has 2 fully saturated rings. The van der Waals surface area contributed by atoms with Crippen molar-refractivity contribution in [3.05, 3.63) is 59.8 Å². The van der Waals surface area contributed by atoms with E-state index in [1.54, 1.807) is 25.4 Å². The molecular formula is C22H26N4O2. The van der Waals surface area contributed by atoms with E-state index in [0.717, 1.165) is 25.7 Å². The summed E-state index contributed by atoms with van der Waals surface area (Å²) in [6.45, 7) is 0. The maximum absolute atomic E-state index is 12.8. The molecule has 1 saturated heterocycles. The summed E-state index contributed by atoms with van der Waals surface area (Å²) in [5.41, 5.74) is 1.64. The minimum atomic E-state index is -0.185. The van der Waals surface area contributed by atoms with Crippen molar-refractivity contribution in [2.45, 2.75) is 49.6 Å². The number of aromatic nitrogens is 1. The average Bonchev–Trinajstić information content (AvgIpc) is 3.11. The fourth-order valence-electron chi connectivity index (χ4n) is 4.67. The van der Waals surface area contributed by atoms with Gasteiger partial charge in [0.15, 0.2) is 0 Å². The van der Waals surface area contributed by atoms with E-state index >= 15 is 0 Å². The Morgan fingerprint density at radius 1 is 1.21 bits per heavy atom. The van der Waals surface area contributed by atoms with E-state index in [-0.39, 0.29) is 29.3 Å². The van der Waals surface area contributed by atoms with Crippen LogP contribution in [0.1, 0.15) is 53.9 Å². The van der Waals surface area contributed by atoms with Crippen molar-refractivity contribution in [1.29, 1.82) is 0 Å². The Kier molecular flexibility index (Phi) is 5.03. The predicted octanol–water partition coefficient (Wildman–Crippen LogP) is 2.84. The molecular weight excluding hydrogens is 352 g/mol. The van der Waals surface area contributed by atoms with Crippen molar-refractivity contribution in [2.75, 3.05) is 12.4 Å². The van der Waals surface area contributed by atoms with Crippen LogP contribution in [0.2, 0.25) is 0 Å². The molecule has 2 aliphatic rings. The first-order chi connectivity index (χ1) is 13.6. The average molecular weight is 378 g/mol. The summed E-state index contributed by atoms with van der Waals surface area (Å²) in [5, 5.41) is 9.43. The van der Waals surface area contributed by atoms with Gasteiger partial charge in [0.2, 0.25) is 5.91 Å². The summed E-state index contributed by atoms with van der Waals surface area (Å²) in [4.78, 5) is 28.9. The number of nitrogens with zero attached hydrogens (tertiary/aromatic N) is 1. The van der Waals surface area contributed by atoms with E-state index in [0.29, 0.717) is 17.8 Å². The molecule has 6 heteroatoms. The number of rotatable bonds is 4. The molecule has 4 rings (SSSR count). The van der Waals surface area contributed by atoms with Crippen LogP contribution in [0.5, 0.6) is 0 Å². The second kappa shape index (κ2) is 7.62. The molecule has 2 aromatic rings. The maximum Gasteiger partial charge on any atom is 0.251 e. The molecule has 6 nitrogen and oxygen atoms in total. The van der Waals surface area contributed by atoms with E-state index in [4.69, 9.17) is 0 Å². The lowest BCUT2D eigenvalue weighted by Crippen LogP contribution is -2.53. The molecule has 3 N–H and O–H groups in total. The molecule has 1 saturated carbocycles. The number of nitrogens with one attached hydrogen (secondary N) is 3. The molecule has 1 aliphatic heterocycles. The van der Waals surface area contributed by atoms with Gasteiger partial charge in [0.25, 0.3) is 5.91 Å². The number of carbonyl (C=O) groups excluding carboxylic acids is 2. The lowest BCUT2D eigenvalue weighted by atomic mass is 9.67. The highest BCUT2D eigenvalue weighted by molar-refractivity contribution is 5.95. The number of amides is 2. The van der Waals surface area contributed by atoms with Crippen LogP contribution >= 0.6 is 0 Å².